The van der Waals surface area contributed by atoms with Gasteiger partial charge in [-0.1, -0.05) is 17.9 Å². The van der Waals surface area contributed by atoms with Crippen LogP contribution in [0.3, 0.4) is 0 Å². The molecule has 0 bridgehead atoms. The molecule has 0 saturated heterocycles. The van der Waals surface area contributed by atoms with E-state index in [1.54, 1.807) is 22.9 Å². The van der Waals surface area contributed by atoms with Gasteiger partial charge in [0, 0.05) is 23.7 Å². The maximum absolute atomic E-state index is 12.1. The lowest BCUT2D eigenvalue weighted by Gasteiger charge is -2.15. The number of anilines is 1. The van der Waals surface area contributed by atoms with Crippen LogP contribution in [0, 0.1) is 0 Å². The number of fused-ring (bicyclic) bond motifs is 1. The van der Waals surface area contributed by atoms with Gasteiger partial charge in [0.25, 0.3) is 11.6 Å². The number of nitrogens with zero attached hydrogens (tertiary/aromatic N) is 4. The fraction of sp³-hybridized carbons (Fsp3) is 0.385. The maximum Gasteiger partial charge on any atom is 0.258 e. The van der Waals surface area contributed by atoms with Gasteiger partial charge >= 0.3 is 0 Å². The SMILES string of the molecule is O=C=NNc1ncc2ccc(=O)n(C3CCCC3)c2n1. The molecule has 0 radical (unpaired) electrons. The molecular weight excluding hydrogens is 258 g/mol. The zero-order valence-electron chi connectivity index (χ0n) is 10.7. The quantitative estimate of drug-likeness (QED) is 0.520. The Morgan fingerprint density at radius 1 is 1.35 bits per heavy atom. The van der Waals surface area contributed by atoms with Gasteiger partial charge in [0.1, 0.15) is 5.65 Å². The predicted molar refractivity (Wildman–Crippen MR) is 73.0 cm³/mol. The highest BCUT2D eigenvalue weighted by atomic mass is 16.1. The first-order valence-corrected chi connectivity index (χ1v) is 6.51. The number of nitrogens with one attached hydrogen (secondary N) is 1. The fourth-order valence-corrected chi connectivity index (χ4v) is 2.68. The Bertz CT molecular complexity index is 742. The van der Waals surface area contributed by atoms with Gasteiger partial charge in [-0.2, -0.15) is 4.98 Å². The van der Waals surface area contributed by atoms with E-state index in [-0.39, 0.29) is 17.5 Å². The molecule has 20 heavy (non-hydrogen) atoms. The van der Waals surface area contributed by atoms with E-state index in [2.05, 4.69) is 20.5 Å². The highest BCUT2D eigenvalue weighted by molar-refractivity contribution is 5.75. The summed E-state index contributed by atoms with van der Waals surface area (Å²) in [5.41, 5.74) is 2.90. The molecule has 1 fully saturated rings. The molecule has 1 N–H and O–H groups in total. The average molecular weight is 271 g/mol. The van der Waals surface area contributed by atoms with Gasteiger partial charge in [-0.3, -0.25) is 9.36 Å². The minimum atomic E-state index is -0.0621. The lowest BCUT2D eigenvalue weighted by atomic mass is 10.2. The van der Waals surface area contributed by atoms with E-state index in [0.29, 0.717) is 5.65 Å². The molecule has 0 atom stereocenters. The summed E-state index contributed by atoms with van der Waals surface area (Å²) in [5.74, 6) is 0.179. The Labute approximate surface area is 114 Å². The molecule has 1 aliphatic rings. The van der Waals surface area contributed by atoms with Crippen molar-refractivity contribution in [2.24, 2.45) is 5.10 Å². The number of hydrazone groups is 1. The van der Waals surface area contributed by atoms with Gasteiger partial charge in [-0.25, -0.2) is 15.2 Å². The minimum absolute atomic E-state index is 0.0621. The minimum Gasteiger partial charge on any atom is -0.289 e. The highest BCUT2D eigenvalue weighted by Crippen LogP contribution is 2.30. The van der Waals surface area contributed by atoms with Crippen molar-refractivity contribution < 1.29 is 4.79 Å². The molecule has 0 aromatic carbocycles. The molecule has 1 aliphatic carbocycles. The van der Waals surface area contributed by atoms with Crippen molar-refractivity contribution in [1.29, 1.82) is 0 Å². The van der Waals surface area contributed by atoms with Crippen LogP contribution in [0.15, 0.2) is 28.2 Å². The van der Waals surface area contributed by atoms with Gasteiger partial charge in [0.2, 0.25) is 5.95 Å². The van der Waals surface area contributed by atoms with E-state index in [4.69, 9.17) is 0 Å². The molecule has 2 heterocycles. The number of hydrogen-bond donors (Lipinski definition) is 1. The van der Waals surface area contributed by atoms with Gasteiger partial charge in [-0.15, -0.1) is 0 Å². The number of aromatic nitrogens is 3. The molecular formula is C13H13N5O2. The van der Waals surface area contributed by atoms with Crippen LogP contribution >= 0.6 is 0 Å². The molecule has 7 heteroatoms. The number of carbonyl (C=O) groups excluding carboxylic acids is 1. The van der Waals surface area contributed by atoms with Crippen LogP contribution in [0.2, 0.25) is 0 Å². The highest BCUT2D eigenvalue weighted by Gasteiger charge is 2.20. The second-order valence-corrected chi connectivity index (χ2v) is 4.77. The molecule has 0 unspecified atom stereocenters. The van der Waals surface area contributed by atoms with E-state index in [9.17, 15) is 9.59 Å². The van der Waals surface area contributed by atoms with Crippen LogP contribution in [0.25, 0.3) is 11.0 Å². The van der Waals surface area contributed by atoms with Crippen molar-refractivity contribution in [3.05, 3.63) is 28.7 Å². The summed E-state index contributed by atoms with van der Waals surface area (Å²) in [7, 11) is 0. The van der Waals surface area contributed by atoms with Crippen LogP contribution in [-0.2, 0) is 4.79 Å². The molecule has 0 amide bonds. The summed E-state index contributed by atoms with van der Waals surface area (Å²) in [6.45, 7) is 0. The van der Waals surface area contributed by atoms with Crippen molar-refractivity contribution in [2.45, 2.75) is 31.7 Å². The van der Waals surface area contributed by atoms with Gasteiger partial charge < -0.3 is 0 Å². The first-order chi connectivity index (χ1) is 9.79. The van der Waals surface area contributed by atoms with Crippen molar-refractivity contribution >= 4 is 23.1 Å². The standard InChI is InChI=1S/C13H13N5O2/c19-8-15-17-13-14-7-9-5-6-11(20)18(12(9)16-13)10-3-1-2-4-10/h5-7,10H,1-4H2,(H,14,16,17). The van der Waals surface area contributed by atoms with Crippen LogP contribution in [-0.4, -0.2) is 20.6 Å². The van der Waals surface area contributed by atoms with Crippen LogP contribution < -0.4 is 11.0 Å². The molecule has 0 aliphatic heterocycles. The zero-order valence-corrected chi connectivity index (χ0v) is 10.7. The Morgan fingerprint density at radius 2 is 2.15 bits per heavy atom. The topological polar surface area (TPSA) is 89.2 Å². The maximum atomic E-state index is 12.1. The first-order valence-electron chi connectivity index (χ1n) is 6.51. The van der Waals surface area contributed by atoms with Crippen molar-refractivity contribution in [1.82, 2.24) is 14.5 Å². The number of rotatable bonds is 3. The molecule has 3 rings (SSSR count). The van der Waals surface area contributed by atoms with E-state index in [0.717, 1.165) is 31.1 Å². The molecule has 7 nitrogen and oxygen atoms in total. The fourth-order valence-electron chi connectivity index (χ4n) is 2.68. The number of isocyanates is 1. The van der Waals surface area contributed by atoms with Crippen molar-refractivity contribution in [3.63, 3.8) is 0 Å². The van der Waals surface area contributed by atoms with Crippen LogP contribution in [0.4, 0.5) is 5.95 Å². The van der Waals surface area contributed by atoms with E-state index in [1.807, 2.05) is 0 Å². The lowest BCUT2D eigenvalue weighted by Crippen LogP contribution is -2.23. The van der Waals surface area contributed by atoms with Gasteiger partial charge in [0.15, 0.2) is 0 Å². The van der Waals surface area contributed by atoms with Crippen LogP contribution in [0.5, 0.6) is 0 Å². The normalized spacial score (nSPS) is 15.2. The number of pyridine rings is 1. The smallest absolute Gasteiger partial charge is 0.258 e. The predicted octanol–water partition coefficient (Wildman–Crippen LogP) is 1.57. The van der Waals surface area contributed by atoms with Crippen molar-refractivity contribution in [3.8, 4) is 0 Å². The molecule has 102 valence electrons. The van der Waals surface area contributed by atoms with E-state index < -0.39 is 0 Å². The second kappa shape index (κ2) is 5.22. The lowest BCUT2D eigenvalue weighted by molar-refractivity contribution is 0.516. The monoisotopic (exact) mass is 271 g/mol. The third-order valence-corrected chi connectivity index (χ3v) is 3.56. The Morgan fingerprint density at radius 3 is 2.90 bits per heavy atom. The molecule has 0 spiro atoms. The summed E-state index contributed by atoms with van der Waals surface area (Å²) in [4.78, 5) is 30.6. The molecule has 1 saturated carbocycles. The summed E-state index contributed by atoms with van der Waals surface area (Å²) >= 11 is 0. The Kier molecular flexibility index (Phi) is 3.26. The summed E-state index contributed by atoms with van der Waals surface area (Å²) < 4.78 is 1.72. The van der Waals surface area contributed by atoms with Gasteiger partial charge in [-0.05, 0) is 18.9 Å². The van der Waals surface area contributed by atoms with E-state index in [1.165, 1.54) is 6.08 Å². The molecule has 2 aromatic rings. The summed E-state index contributed by atoms with van der Waals surface area (Å²) in [5, 5.41) is 4.02. The van der Waals surface area contributed by atoms with Crippen molar-refractivity contribution in [2.75, 3.05) is 5.43 Å². The van der Waals surface area contributed by atoms with E-state index >= 15 is 0 Å². The Balaban J connectivity index is 2.16. The summed E-state index contributed by atoms with van der Waals surface area (Å²) in [6.07, 6.45) is 7.18. The average Bonchev–Trinajstić information content (AvgIpc) is 2.98. The third-order valence-electron chi connectivity index (χ3n) is 3.56. The van der Waals surface area contributed by atoms with Crippen LogP contribution in [0.1, 0.15) is 31.7 Å². The molecule has 2 aromatic heterocycles. The first kappa shape index (κ1) is 12.5. The zero-order chi connectivity index (χ0) is 13.9. The summed E-state index contributed by atoms with van der Waals surface area (Å²) in [6, 6.07) is 3.43. The third kappa shape index (κ3) is 2.19. The second-order valence-electron chi connectivity index (χ2n) is 4.77. The largest absolute Gasteiger partial charge is 0.289 e. The van der Waals surface area contributed by atoms with Gasteiger partial charge in [0.05, 0.1) is 0 Å². The number of hydrogen-bond acceptors (Lipinski definition) is 6. The Hall–Kier alpha value is -2.53.